The van der Waals surface area contributed by atoms with Crippen LogP contribution < -0.4 is 0 Å². The van der Waals surface area contributed by atoms with Gasteiger partial charge in [-0.3, -0.25) is 0 Å². The Hall–Kier alpha value is -3.78. The maximum Gasteiger partial charge on any atom is 0.136 e. The Morgan fingerprint density at radius 3 is 1.23 bits per heavy atom. The molecule has 7 aromatic rings. The zero-order valence-corrected chi connectivity index (χ0v) is 23.0. The molecular weight excluding hydrogens is 488 g/mol. The first kappa shape index (κ1) is 23.0. The Kier molecular flexibility index (Phi) is 5.09. The summed E-state index contributed by atoms with van der Waals surface area (Å²) < 4.78 is 13.0. The monoisotopic (exact) mass is 522 g/mol. The summed E-state index contributed by atoms with van der Waals surface area (Å²) in [7, 11) is 0. The summed E-state index contributed by atoms with van der Waals surface area (Å²) >= 11 is 0. The predicted molar refractivity (Wildman–Crippen MR) is 168 cm³/mol. The van der Waals surface area contributed by atoms with E-state index in [4.69, 9.17) is 8.83 Å². The maximum absolute atomic E-state index is 6.50. The van der Waals surface area contributed by atoms with Gasteiger partial charge in [0.25, 0.3) is 0 Å². The Labute approximate surface area is 233 Å². The van der Waals surface area contributed by atoms with Crippen LogP contribution in [-0.2, 0) is 0 Å². The highest BCUT2D eigenvalue weighted by Gasteiger charge is 2.19. The lowest BCUT2D eigenvalue weighted by atomic mass is 9.83. The number of rotatable bonds is 2. The predicted octanol–water partition coefficient (Wildman–Crippen LogP) is 11.9. The summed E-state index contributed by atoms with van der Waals surface area (Å²) in [4.78, 5) is 0. The van der Waals surface area contributed by atoms with Crippen LogP contribution in [0.5, 0.6) is 0 Å². The van der Waals surface area contributed by atoms with E-state index in [0.717, 1.165) is 43.9 Å². The van der Waals surface area contributed by atoms with Gasteiger partial charge in [0.2, 0.25) is 0 Å². The van der Waals surface area contributed by atoms with Gasteiger partial charge in [-0.2, -0.15) is 0 Å². The van der Waals surface area contributed by atoms with Gasteiger partial charge in [-0.25, -0.2) is 0 Å². The van der Waals surface area contributed by atoms with Gasteiger partial charge in [0.1, 0.15) is 22.3 Å². The third-order valence-electron chi connectivity index (χ3n) is 10.2. The highest BCUT2D eigenvalue weighted by molar-refractivity contribution is 6.18. The second-order valence-corrected chi connectivity index (χ2v) is 12.6. The lowest BCUT2D eigenvalue weighted by Gasteiger charge is -2.22. The molecule has 2 heteroatoms. The second-order valence-electron chi connectivity index (χ2n) is 12.6. The minimum Gasteiger partial charge on any atom is -0.456 e. The molecule has 198 valence electrons. The molecule has 0 radical (unpaired) electrons. The molecule has 2 heterocycles. The summed E-state index contributed by atoms with van der Waals surface area (Å²) in [6.07, 6.45) is 13.5. The Morgan fingerprint density at radius 2 is 0.775 bits per heavy atom. The normalized spacial score (nSPS) is 17.8. The van der Waals surface area contributed by atoms with Crippen LogP contribution in [0.4, 0.5) is 0 Å². The molecule has 0 N–H and O–H groups in total. The fourth-order valence-corrected chi connectivity index (χ4v) is 7.95. The minimum absolute atomic E-state index is 0.708. The van der Waals surface area contributed by atoms with E-state index in [1.54, 1.807) is 0 Å². The van der Waals surface area contributed by atoms with E-state index >= 15 is 0 Å². The van der Waals surface area contributed by atoms with Crippen LogP contribution in [0, 0.1) is 0 Å². The van der Waals surface area contributed by atoms with E-state index in [-0.39, 0.29) is 0 Å². The number of furan rings is 2. The molecular formula is C38H34O2. The largest absolute Gasteiger partial charge is 0.456 e. The molecule has 0 aliphatic heterocycles. The van der Waals surface area contributed by atoms with Crippen LogP contribution in [0.25, 0.3) is 65.4 Å². The highest BCUT2D eigenvalue weighted by Crippen LogP contribution is 2.41. The smallest absolute Gasteiger partial charge is 0.136 e. The molecule has 2 aliphatic carbocycles. The third-order valence-corrected chi connectivity index (χ3v) is 10.2. The van der Waals surface area contributed by atoms with E-state index in [9.17, 15) is 0 Å². The van der Waals surface area contributed by atoms with E-state index in [1.807, 2.05) is 0 Å². The quantitative estimate of drug-likeness (QED) is 0.226. The van der Waals surface area contributed by atoms with Gasteiger partial charge in [-0.05, 0) is 107 Å². The first-order chi connectivity index (χ1) is 19.8. The molecule has 40 heavy (non-hydrogen) atoms. The lowest BCUT2D eigenvalue weighted by molar-refractivity contribution is 0.444. The average molecular weight is 523 g/mol. The molecule has 2 fully saturated rings. The van der Waals surface area contributed by atoms with Gasteiger partial charge < -0.3 is 8.83 Å². The maximum atomic E-state index is 6.50. The van der Waals surface area contributed by atoms with Crippen molar-refractivity contribution in [1.82, 2.24) is 0 Å². The van der Waals surface area contributed by atoms with Gasteiger partial charge in [-0.15, -0.1) is 0 Å². The molecule has 2 nitrogen and oxygen atoms in total. The molecule has 9 rings (SSSR count). The molecule has 0 spiro atoms. The van der Waals surface area contributed by atoms with Crippen molar-refractivity contribution in [2.45, 2.75) is 76.0 Å². The zero-order valence-electron chi connectivity index (χ0n) is 23.0. The summed E-state index contributed by atoms with van der Waals surface area (Å²) in [6, 6.07) is 27.6. The van der Waals surface area contributed by atoms with Crippen molar-refractivity contribution in [2.75, 3.05) is 0 Å². The van der Waals surface area contributed by atoms with Crippen molar-refractivity contribution in [3.8, 4) is 0 Å². The van der Waals surface area contributed by atoms with Crippen molar-refractivity contribution in [2.24, 2.45) is 0 Å². The van der Waals surface area contributed by atoms with E-state index in [1.165, 1.54) is 96.9 Å². The molecule has 2 aromatic heterocycles. The summed E-state index contributed by atoms with van der Waals surface area (Å²) in [5.41, 5.74) is 6.76. The van der Waals surface area contributed by atoms with Crippen LogP contribution >= 0.6 is 0 Å². The summed E-state index contributed by atoms with van der Waals surface area (Å²) in [6.45, 7) is 0. The van der Waals surface area contributed by atoms with Gasteiger partial charge in [0.15, 0.2) is 0 Å². The zero-order chi connectivity index (χ0) is 26.2. The van der Waals surface area contributed by atoms with E-state index in [2.05, 4.69) is 72.8 Å². The summed E-state index contributed by atoms with van der Waals surface area (Å²) in [5.74, 6) is 1.42. The highest BCUT2D eigenvalue weighted by atomic mass is 16.3. The minimum atomic E-state index is 0.708. The van der Waals surface area contributed by atoms with Crippen molar-refractivity contribution >= 4 is 65.4 Å². The van der Waals surface area contributed by atoms with Crippen molar-refractivity contribution < 1.29 is 8.83 Å². The standard InChI is InChI=1S/C38H34O2/c1-3-7-23(8-4-1)25-11-13-27-17-31-33-21-38-34(22-37(33)39-35(31)19-29(27)15-25)32-18-28-14-12-26(24-9-5-2-6-10-24)16-30(28)20-36(32)40-38/h11-24H,1-10H2. The third kappa shape index (κ3) is 3.61. The fraction of sp³-hybridized carbons (Fsp3) is 0.316. The van der Waals surface area contributed by atoms with Gasteiger partial charge in [-0.1, -0.05) is 74.9 Å². The molecule has 0 bridgehead atoms. The van der Waals surface area contributed by atoms with Gasteiger partial charge in [0.05, 0.1) is 0 Å². The molecule has 0 saturated heterocycles. The van der Waals surface area contributed by atoms with Crippen molar-refractivity contribution in [3.05, 3.63) is 83.9 Å². The molecule has 0 atom stereocenters. The van der Waals surface area contributed by atoms with Crippen LogP contribution in [0.15, 0.2) is 81.6 Å². The van der Waals surface area contributed by atoms with Crippen LogP contribution in [0.3, 0.4) is 0 Å². The number of fused-ring (bicyclic) bond motifs is 8. The van der Waals surface area contributed by atoms with Crippen LogP contribution in [-0.4, -0.2) is 0 Å². The molecule has 0 amide bonds. The number of benzene rings is 5. The Balaban J connectivity index is 1.16. The Morgan fingerprint density at radius 1 is 0.375 bits per heavy atom. The molecule has 5 aromatic carbocycles. The molecule has 0 unspecified atom stereocenters. The van der Waals surface area contributed by atoms with Gasteiger partial charge >= 0.3 is 0 Å². The Bertz CT molecular complexity index is 1920. The number of hydrogen-bond donors (Lipinski definition) is 0. The first-order valence-electron chi connectivity index (χ1n) is 15.5. The van der Waals surface area contributed by atoms with E-state index in [0.29, 0.717) is 11.8 Å². The van der Waals surface area contributed by atoms with Crippen molar-refractivity contribution in [3.63, 3.8) is 0 Å². The second kappa shape index (κ2) is 8.86. The van der Waals surface area contributed by atoms with Gasteiger partial charge in [0, 0.05) is 21.5 Å². The fourth-order valence-electron chi connectivity index (χ4n) is 7.95. The summed E-state index contributed by atoms with van der Waals surface area (Å²) in [5, 5.41) is 9.70. The molecule has 2 saturated carbocycles. The van der Waals surface area contributed by atoms with Crippen LogP contribution in [0.2, 0.25) is 0 Å². The molecule has 2 aliphatic rings. The average Bonchev–Trinajstić information content (AvgIpc) is 3.53. The lowest BCUT2D eigenvalue weighted by Crippen LogP contribution is -2.04. The number of hydrogen-bond acceptors (Lipinski definition) is 2. The van der Waals surface area contributed by atoms with Crippen LogP contribution in [0.1, 0.15) is 87.2 Å². The topological polar surface area (TPSA) is 26.3 Å². The SMILES string of the molecule is c1cc2cc3c(cc2cc1C1CCCCC1)oc1cc2c(cc13)oc1cc3cc(C4CCCCC4)ccc3cc12. The van der Waals surface area contributed by atoms with Crippen molar-refractivity contribution in [1.29, 1.82) is 0 Å². The van der Waals surface area contributed by atoms with E-state index < -0.39 is 0 Å². The first-order valence-corrected chi connectivity index (χ1v) is 15.5.